The summed E-state index contributed by atoms with van der Waals surface area (Å²) < 4.78 is 32.4. The molecule has 23 heavy (non-hydrogen) atoms. The van der Waals surface area contributed by atoms with Gasteiger partial charge in [-0.1, -0.05) is 6.07 Å². The van der Waals surface area contributed by atoms with Gasteiger partial charge in [-0.2, -0.15) is 4.31 Å². The van der Waals surface area contributed by atoms with E-state index in [4.69, 9.17) is 4.74 Å². The van der Waals surface area contributed by atoms with Crippen LogP contribution in [0.1, 0.15) is 24.5 Å². The van der Waals surface area contributed by atoms with E-state index in [0.29, 0.717) is 18.8 Å². The number of hydrogen-bond acceptors (Lipinski definition) is 5. The maximum atomic E-state index is 12.9. The first-order valence-electron chi connectivity index (χ1n) is 7.51. The molecule has 1 saturated heterocycles. The lowest BCUT2D eigenvalue weighted by Gasteiger charge is -2.31. The fourth-order valence-electron chi connectivity index (χ4n) is 2.83. The molecule has 1 aliphatic heterocycles. The van der Waals surface area contributed by atoms with Gasteiger partial charge in [0.05, 0.1) is 17.7 Å². The van der Waals surface area contributed by atoms with Crippen LogP contribution in [0.25, 0.3) is 0 Å². The molecule has 0 bridgehead atoms. The summed E-state index contributed by atoms with van der Waals surface area (Å²) in [4.78, 5) is 8.66. The second kappa shape index (κ2) is 6.64. The van der Waals surface area contributed by atoms with Crippen molar-refractivity contribution in [3.8, 4) is 5.75 Å². The van der Waals surface area contributed by atoms with E-state index < -0.39 is 10.0 Å². The van der Waals surface area contributed by atoms with Gasteiger partial charge in [0.15, 0.2) is 0 Å². The topological polar surface area (TPSA) is 72.4 Å². The first-order valence-corrected chi connectivity index (χ1v) is 8.95. The van der Waals surface area contributed by atoms with Crippen LogP contribution >= 0.6 is 0 Å². The van der Waals surface area contributed by atoms with E-state index in [1.165, 1.54) is 11.4 Å². The van der Waals surface area contributed by atoms with E-state index >= 15 is 0 Å². The Balaban J connectivity index is 1.85. The highest BCUT2D eigenvalue weighted by atomic mass is 32.2. The quantitative estimate of drug-likeness (QED) is 0.856. The largest absolute Gasteiger partial charge is 0.497 e. The number of hydrogen-bond donors (Lipinski definition) is 0. The van der Waals surface area contributed by atoms with E-state index in [2.05, 4.69) is 9.97 Å². The number of sulfonamides is 1. The van der Waals surface area contributed by atoms with E-state index in [1.807, 2.05) is 0 Å². The monoisotopic (exact) mass is 333 g/mol. The van der Waals surface area contributed by atoms with Crippen molar-refractivity contribution in [2.45, 2.75) is 23.7 Å². The third kappa shape index (κ3) is 3.35. The molecule has 6 nitrogen and oxygen atoms in total. The van der Waals surface area contributed by atoms with Gasteiger partial charge in [-0.25, -0.2) is 8.42 Å². The Hall–Kier alpha value is -1.99. The van der Waals surface area contributed by atoms with Crippen LogP contribution in [0.15, 0.2) is 47.8 Å². The van der Waals surface area contributed by atoms with Crippen molar-refractivity contribution in [1.82, 2.24) is 14.3 Å². The number of rotatable bonds is 4. The molecule has 0 radical (unpaired) electrons. The lowest BCUT2D eigenvalue weighted by Crippen LogP contribution is -2.39. The molecule has 1 atom stereocenters. The van der Waals surface area contributed by atoms with Crippen LogP contribution in [0.3, 0.4) is 0 Å². The molecule has 0 amide bonds. The molecule has 1 aliphatic rings. The molecule has 1 unspecified atom stereocenters. The number of ether oxygens (including phenoxy) is 1. The maximum Gasteiger partial charge on any atom is 0.243 e. The second-order valence-corrected chi connectivity index (χ2v) is 7.45. The van der Waals surface area contributed by atoms with Gasteiger partial charge in [0.2, 0.25) is 10.0 Å². The first-order chi connectivity index (χ1) is 11.1. The Kier molecular flexibility index (Phi) is 4.58. The maximum absolute atomic E-state index is 12.9. The lowest BCUT2D eigenvalue weighted by molar-refractivity contribution is 0.312. The van der Waals surface area contributed by atoms with Crippen molar-refractivity contribution >= 4 is 10.0 Å². The van der Waals surface area contributed by atoms with Gasteiger partial charge in [-0.05, 0) is 25.0 Å². The SMILES string of the molecule is COc1cccc(S(=O)(=O)N2CCCC(c3cnccn3)C2)c1. The van der Waals surface area contributed by atoms with Gasteiger partial charge >= 0.3 is 0 Å². The normalized spacial score (nSPS) is 19.4. The molecule has 2 aromatic rings. The molecule has 0 saturated carbocycles. The van der Waals surface area contributed by atoms with Gasteiger partial charge in [-0.15, -0.1) is 0 Å². The number of aromatic nitrogens is 2. The molecular formula is C16H19N3O3S. The average molecular weight is 333 g/mol. The number of piperidine rings is 1. The Labute approximate surface area is 136 Å². The van der Waals surface area contributed by atoms with Crippen molar-refractivity contribution in [1.29, 1.82) is 0 Å². The predicted molar refractivity (Wildman–Crippen MR) is 85.8 cm³/mol. The van der Waals surface area contributed by atoms with Crippen molar-refractivity contribution in [3.05, 3.63) is 48.5 Å². The zero-order chi connectivity index (χ0) is 16.3. The minimum Gasteiger partial charge on any atom is -0.497 e. The Bertz CT molecular complexity index is 765. The summed E-state index contributed by atoms with van der Waals surface area (Å²) in [7, 11) is -2.01. The molecule has 0 spiro atoms. The van der Waals surface area contributed by atoms with Gasteiger partial charge < -0.3 is 4.74 Å². The summed E-state index contributed by atoms with van der Waals surface area (Å²) in [6.07, 6.45) is 6.71. The van der Waals surface area contributed by atoms with Gasteiger partial charge in [0, 0.05) is 43.7 Å². The molecule has 0 aliphatic carbocycles. The van der Waals surface area contributed by atoms with Gasteiger partial charge in [-0.3, -0.25) is 9.97 Å². The van der Waals surface area contributed by atoms with Gasteiger partial charge in [0.1, 0.15) is 5.75 Å². The molecule has 1 aromatic carbocycles. The van der Waals surface area contributed by atoms with Crippen LogP contribution in [0.4, 0.5) is 0 Å². The Morgan fingerprint density at radius 3 is 2.91 bits per heavy atom. The van der Waals surface area contributed by atoms with Crippen molar-refractivity contribution < 1.29 is 13.2 Å². The fourth-order valence-corrected chi connectivity index (χ4v) is 4.39. The van der Waals surface area contributed by atoms with E-state index in [9.17, 15) is 8.42 Å². The summed E-state index contributed by atoms with van der Waals surface area (Å²) >= 11 is 0. The van der Waals surface area contributed by atoms with Gasteiger partial charge in [0.25, 0.3) is 0 Å². The highest BCUT2D eigenvalue weighted by Crippen LogP contribution is 2.29. The molecular weight excluding hydrogens is 314 g/mol. The fraction of sp³-hybridized carbons (Fsp3) is 0.375. The number of methoxy groups -OCH3 is 1. The van der Waals surface area contributed by atoms with E-state index in [1.54, 1.807) is 42.9 Å². The number of nitrogens with zero attached hydrogens (tertiary/aromatic N) is 3. The highest BCUT2D eigenvalue weighted by molar-refractivity contribution is 7.89. The number of benzene rings is 1. The third-order valence-corrected chi connectivity index (χ3v) is 5.93. The first kappa shape index (κ1) is 15.9. The van der Waals surface area contributed by atoms with Crippen LogP contribution in [-0.4, -0.2) is 42.9 Å². The van der Waals surface area contributed by atoms with Crippen LogP contribution in [0.2, 0.25) is 0 Å². The molecule has 7 heteroatoms. The van der Waals surface area contributed by atoms with Crippen LogP contribution in [0, 0.1) is 0 Å². The molecule has 0 N–H and O–H groups in total. The van der Waals surface area contributed by atoms with Crippen LogP contribution in [-0.2, 0) is 10.0 Å². The van der Waals surface area contributed by atoms with Crippen molar-refractivity contribution in [2.24, 2.45) is 0 Å². The van der Waals surface area contributed by atoms with Crippen LogP contribution in [0.5, 0.6) is 5.75 Å². The average Bonchev–Trinajstić information content (AvgIpc) is 2.62. The minimum absolute atomic E-state index is 0.0813. The highest BCUT2D eigenvalue weighted by Gasteiger charge is 2.31. The standard InChI is InChI=1S/C16H19N3O3S/c1-22-14-5-2-6-15(10-14)23(20,21)19-9-3-4-13(12-19)16-11-17-7-8-18-16/h2,5-8,10-11,13H,3-4,9,12H2,1H3. The molecule has 122 valence electrons. The van der Waals surface area contributed by atoms with E-state index in [-0.39, 0.29) is 10.8 Å². The van der Waals surface area contributed by atoms with Crippen LogP contribution < -0.4 is 4.74 Å². The smallest absolute Gasteiger partial charge is 0.243 e. The van der Waals surface area contributed by atoms with Crippen molar-refractivity contribution in [3.63, 3.8) is 0 Å². The zero-order valence-corrected chi connectivity index (χ0v) is 13.7. The predicted octanol–water partition coefficient (Wildman–Crippen LogP) is 2.05. The summed E-state index contributed by atoms with van der Waals surface area (Å²) in [5, 5.41) is 0. The summed E-state index contributed by atoms with van der Waals surface area (Å²) in [6, 6.07) is 6.58. The minimum atomic E-state index is -3.53. The van der Waals surface area contributed by atoms with E-state index in [0.717, 1.165) is 18.5 Å². The molecule has 2 heterocycles. The Morgan fingerprint density at radius 2 is 2.17 bits per heavy atom. The van der Waals surface area contributed by atoms with Crippen molar-refractivity contribution in [2.75, 3.05) is 20.2 Å². The summed E-state index contributed by atoms with van der Waals surface area (Å²) in [5.41, 5.74) is 0.845. The molecule has 3 rings (SSSR count). The lowest BCUT2D eigenvalue weighted by atomic mass is 9.96. The second-order valence-electron chi connectivity index (χ2n) is 5.51. The zero-order valence-electron chi connectivity index (χ0n) is 12.9. The molecule has 1 aromatic heterocycles. The Morgan fingerprint density at radius 1 is 1.30 bits per heavy atom. The summed E-state index contributed by atoms with van der Waals surface area (Å²) in [5.74, 6) is 0.617. The summed E-state index contributed by atoms with van der Waals surface area (Å²) in [6.45, 7) is 0.953. The molecule has 1 fully saturated rings. The third-order valence-electron chi connectivity index (χ3n) is 4.06.